The fourth-order valence-corrected chi connectivity index (χ4v) is 3.30. The molecule has 1 N–H and O–H groups in total. The fourth-order valence-electron chi connectivity index (χ4n) is 2.88. The summed E-state index contributed by atoms with van der Waals surface area (Å²) >= 11 is 4.50. The second-order valence-corrected chi connectivity index (χ2v) is 5.90. The lowest BCUT2D eigenvalue weighted by molar-refractivity contribution is 0.00445. The van der Waals surface area contributed by atoms with Crippen molar-refractivity contribution >= 4 is 12.6 Å². The molecule has 0 aromatic heterocycles. The minimum atomic E-state index is -0.0745. The Labute approximate surface area is 98.5 Å². The van der Waals surface area contributed by atoms with Crippen molar-refractivity contribution in [3.8, 4) is 0 Å². The van der Waals surface area contributed by atoms with Crippen LogP contribution in [0, 0.1) is 11.3 Å². The van der Waals surface area contributed by atoms with Crippen LogP contribution in [0.15, 0.2) is 0 Å². The maximum Gasteiger partial charge on any atom is 0.0590 e. The van der Waals surface area contributed by atoms with Crippen LogP contribution in [0.2, 0.25) is 0 Å². The first-order valence-corrected chi connectivity index (χ1v) is 6.80. The van der Waals surface area contributed by atoms with Gasteiger partial charge in [-0.15, -0.1) is 0 Å². The van der Waals surface area contributed by atoms with Gasteiger partial charge in [0.25, 0.3) is 0 Å². The molecule has 1 aliphatic heterocycles. The van der Waals surface area contributed by atoms with Gasteiger partial charge >= 0.3 is 0 Å². The smallest absolute Gasteiger partial charge is 0.0590 e. The van der Waals surface area contributed by atoms with Crippen molar-refractivity contribution in [1.29, 1.82) is 0 Å². The zero-order chi connectivity index (χ0) is 10.9. The number of hydrogen-bond acceptors (Lipinski definition) is 3. The van der Waals surface area contributed by atoms with Crippen LogP contribution in [-0.4, -0.2) is 41.5 Å². The molecule has 0 radical (unpaired) electrons. The van der Waals surface area contributed by atoms with E-state index in [-0.39, 0.29) is 6.10 Å². The lowest BCUT2D eigenvalue weighted by atomic mass is 9.69. The Morgan fingerprint density at radius 2 is 2.20 bits per heavy atom. The van der Waals surface area contributed by atoms with E-state index in [2.05, 4.69) is 24.5 Å². The lowest BCUT2D eigenvalue weighted by Gasteiger charge is -2.46. The van der Waals surface area contributed by atoms with E-state index in [0.717, 1.165) is 25.3 Å². The summed E-state index contributed by atoms with van der Waals surface area (Å²) in [6.45, 7) is 5.50. The molecule has 3 heteroatoms. The maximum absolute atomic E-state index is 9.68. The highest BCUT2D eigenvalue weighted by atomic mass is 32.1. The summed E-state index contributed by atoms with van der Waals surface area (Å²) in [7, 11) is 0. The standard InChI is InChI=1S/C12H23NOS/c1-10-7-13(6-3-11(10)14)8-12(9-15)4-2-5-12/h10-11,14-15H,2-9H2,1H3. The highest BCUT2D eigenvalue weighted by molar-refractivity contribution is 7.80. The number of hydrogen-bond donors (Lipinski definition) is 2. The molecule has 2 nitrogen and oxygen atoms in total. The van der Waals surface area contributed by atoms with Crippen molar-refractivity contribution < 1.29 is 5.11 Å². The Hall–Kier alpha value is 0.270. The molecule has 0 aromatic rings. The van der Waals surface area contributed by atoms with Crippen LogP contribution in [0.3, 0.4) is 0 Å². The molecule has 2 atom stereocenters. The van der Waals surface area contributed by atoms with Crippen molar-refractivity contribution in [2.75, 3.05) is 25.4 Å². The molecule has 1 saturated heterocycles. The predicted octanol–water partition coefficient (Wildman–Crippen LogP) is 1.79. The summed E-state index contributed by atoms with van der Waals surface area (Å²) in [5.41, 5.74) is 0.505. The van der Waals surface area contributed by atoms with Crippen LogP contribution in [0.4, 0.5) is 0 Å². The number of piperidine rings is 1. The largest absolute Gasteiger partial charge is 0.393 e. The van der Waals surface area contributed by atoms with Crippen molar-refractivity contribution in [1.82, 2.24) is 4.90 Å². The van der Waals surface area contributed by atoms with Crippen molar-refractivity contribution in [3.05, 3.63) is 0 Å². The molecule has 1 saturated carbocycles. The number of nitrogens with zero attached hydrogens (tertiary/aromatic N) is 1. The van der Waals surface area contributed by atoms with Gasteiger partial charge in [0.1, 0.15) is 0 Å². The monoisotopic (exact) mass is 229 g/mol. The van der Waals surface area contributed by atoms with E-state index in [4.69, 9.17) is 0 Å². The Morgan fingerprint density at radius 3 is 2.67 bits per heavy atom. The number of aliphatic hydroxyl groups is 1. The third-order valence-electron chi connectivity index (χ3n) is 4.25. The first kappa shape index (κ1) is 11.7. The van der Waals surface area contributed by atoms with Crippen LogP contribution in [0.25, 0.3) is 0 Å². The number of rotatable bonds is 3. The van der Waals surface area contributed by atoms with Gasteiger partial charge in [-0.2, -0.15) is 12.6 Å². The van der Waals surface area contributed by atoms with Gasteiger partial charge in [-0.25, -0.2) is 0 Å². The van der Waals surface area contributed by atoms with Gasteiger partial charge in [-0.1, -0.05) is 13.3 Å². The molecule has 2 fully saturated rings. The van der Waals surface area contributed by atoms with Crippen molar-refractivity contribution in [2.24, 2.45) is 11.3 Å². The minimum Gasteiger partial charge on any atom is -0.393 e. The number of likely N-dealkylation sites (tertiary alicyclic amines) is 1. The van der Waals surface area contributed by atoms with Gasteiger partial charge < -0.3 is 10.0 Å². The van der Waals surface area contributed by atoms with Crippen LogP contribution in [0.5, 0.6) is 0 Å². The summed E-state index contributed by atoms with van der Waals surface area (Å²) in [4.78, 5) is 2.53. The zero-order valence-corrected chi connectivity index (χ0v) is 10.5. The Morgan fingerprint density at radius 1 is 1.47 bits per heavy atom. The fraction of sp³-hybridized carbons (Fsp3) is 1.00. The van der Waals surface area contributed by atoms with E-state index >= 15 is 0 Å². The van der Waals surface area contributed by atoms with Crippen LogP contribution in [-0.2, 0) is 0 Å². The molecule has 0 aromatic carbocycles. The summed E-state index contributed by atoms with van der Waals surface area (Å²) < 4.78 is 0. The Balaban J connectivity index is 1.84. The van der Waals surface area contributed by atoms with Gasteiger partial charge in [0.05, 0.1) is 6.10 Å². The van der Waals surface area contributed by atoms with Crippen molar-refractivity contribution in [2.45, 2.75) is 38.7 Å². The van der Waals surface area contributed by atoms with E-state index in [0.29, 0.717) is 11.3 Å². The van der Waals surface area contributed by atoms with Gasteiger partial charge in [-0.05, 0) is 36.3 Å². The molecule has 1 heterocycles. The summed E-state index contributed by atoms with van der Waals surface area (Å²) in [5, 5.41) is 9.68. The van der Waals surface area contributed by atoms with Gasteiger partial charge in [0.15, 0.2) is 0 Å². The second-order valence-electron chi connectivity index (χ2n) is 5.58. The molecule has 2 rings (SSSR count). The third-order valence-corrected chi connectivity index (χ3v) is 4.92. The summed E-state index contributed by atoms with van der Waals surface area (Å²) in [5.74, 6) is 1.47. The lowest BCUT2D eigenvalue weighted by Crippen LogP contribution is -2.49. The van der Waals surface area contributed by atoms with Gasteiger partial charge in [-0.3, -0.25) is 0 Å². The molecule has 0 bridgehead atoms. The zero-order valence-electron chi connectivity index (χ0n) is 9.65. The molecular weight excluding hydrogens is 206 g/mol. The molecule has 88 valence electrons. The first-order valence-electron chi connectivity index (χ1n) is 6.16. The third kappa shape index (κ3) is 2.51. The topological polar surface area (TPSA) is 23.5 Å². The quantitative estimate of drug-likeness (QED) is 0.721. The predicted molar refractivity (Wildman–Crippen MR) is 66.4 cm³/mol. The van der Waals surface area contributed by atoms with Crippen LogP contribution >= 0.6 is 12.6 Å². The Kier molecular flexibility index (Phi) is 3.63. The maximum atomic E-state index is 9.68. The average molecular weight is 229 g/mol. The second kappa shape index (κ2) is 4.64. The molecule has 0 amide bonds. The van der Waals surface area contributed by atoms with Crippen molar-refractivity contribution in [3.63, 3.8) is 0 Å². The molecule has 0 spiro atoms. The number of thiol groups is 1. The SMILES string of the molecule is CC1CN(CC2(CS)CCC2)CCC1O. The molecule has 1 aliphatic carbocycles. The Bertz CT molecular complexity index is 212. The highest BCUT2D eigenvalue weighted by Crippen LogP contribution is 2.42. The van der Waals surface area contributed by atoms with E-state index in [1.807, 2.05) is 0 Å². The van der Waals surface area contributed by atoms with E-state index in [1.165, 1.54) is 25.8 Å². The van der Waals surface area contributed by atoms with E-state index < -0.39 is 0 Å². The van der Waals surface area contributed by atoms with Gasteiger partial charge in [0.2, 0.25) is 0 Å². The van der Waals surface area contributed by atoms with Crippen LogP contribution < -0.4 is 0 Å². The molecule has 15 heavy (non-hydrogen) atoms. The summed E-state index contributed by atoms with van der Waals surface area (Å²) in [6, 6.07) is 0. The van der Waals surface area contributed by atoms with E-state index in [9.17, 15) is 5.11 Å². The van der Waals surface area contributed by atoms with E-state index in [1.54, 1.807) is 0 Å². The first-order chi connectivity index (χ1) is 7.15. The van der Waals surface area contributed by atoms with Crippen LogP contribution in [0.1, 0.15) is 32.6 Å². The normalized spacial score (nSPS) is 36.2. The average Bonchev–Trinajstić information content (AvgIpc) is 2.17. The summed E-state index contributed by atoms with van der Waals surface area (Å²) in [6.07, 6.45) is 4.96. The molecule has 2 unspecified atom stereocenters. The minimum absolute atomic E-state index is 0.0745. The van der Waals surface area contributed by atoms with Gasteiger partial charge in [0, 0.05) is 19.6 Å². The number of aliphatic hydroxyl groups excluding tert-OH is 1. The highest BCUT2D eigenvalue weighted by Gasteiger charge is 2.38. The molecule has 2 aliphatic rings. The molecular formula is C12H23NOS.